The number of likely N-dealkylation sites (tertiary alicyclic amines) is 1. The molecule has 0 atom stereocenters. The Kier molecular flexibility index (Phi) is 7.28. The molecule has 94 valence electrons. The Labute approximate surface area is 101 Å². The summed E-state index contributed by atoms with van der Waals surface area (Å²) in [5.41, 5.74) is 0. The van der Waals surface area contributed by atoms with Gasteiger partial charge in [0.1, 0.15) is 0 Å². The normalized spacial score (nSPS) is 16.1. The molecule has 1 N–H and O–H groups in total. The van der Waals surface area contributed by atoms with Crippen molar-refractivity contribution in [3.63, 3.8) is 0 Å². The lowest BCUT2D eigenvalue weighted by molar-refractivity contribution is 0.425. The van der Waals surface area contributed by atoms with Gasteiger partial charge < -0.3 is 4.90 Å². The molecular weight excluding hydrogens is 196 g/mol. The lowest BCUT2D eigenvalue weighted by atomic mass is 10.1. The van der Waals surface area contributed by atoms with Gasteiger partial charge in [-0.25, -0.2) is 0 Å². The number of unbranched alkanes of at least 4 members (excludes halogenated alkanes) is 7. The standard InChI is InChI=1S/C14H28N2/c1-2-3-4-5-6-7-8-9-12-16-13-10-11-14(16)15/h15H,2-13H2,1H3. The van der Waals surface area contributed by atoms with E-state index >= 15 is 0 Å². The van der Waals surface area contributed by atoms with E-state index in [4.69, 9.17) is 5.41 Å². The molecule has 1 aliphatic heterocycles. The molecule has 0 aliphatic carbocycles. The summed E-state index contributed by atoms with van der Waals surface area (Å²) in [6.45, 7) is 4.54. The van der Waals surface area contributed by atoms with Crippen LogP contribution in [0.5, 0.6) is 0 Å². The first-order valence-electron chi connectivity index (χ1n) is 7.17. The third kappa shape index (κ3) is 5.53. The molecule has 0 aromatic heterocycles. The number of nitrogens with one attached hydrogen (secondary N) is 1. The second-order valence-corrected chi connectivity index (χ2v) is 5.01. The van der Waals surface area contributed by atoms with Crippen LogP contribution in [0, 0.1) is 5.41 Å². The van der Waals surface area contributed by atoms with Crippen molar-refractivity contribution in [2.24, 2.45) is 0 Å². The molecule has 0 radical (unpaired) electrons. The van der Waals surface area contributed by atoms with E-state index in [1.165, 1.54) is 57.8 Å². The third-order valence-corrected chi connectivity index (χ3v) is 3.50. The summed E-state index contributed by atoms with van der Waals surface area (Å²) in [6.07, 6.45) is 13.3. The Balaban J connectivity index is 1.83. The van der Waals surface area contributed by atoms with E-state index in [0.717, 1.165) is 25.3 Å². The molecule has 1 fully saturated rings. The molecule has 0 bridgehead atoms. The summed E-state index contributed by atoms with van der Waals surface area (Å²) >= 11 is 0. The van der Waals surface area contributed by atoms with Crippen molar-refractivity contribution in [1.82, 2.24) is 4.90 Å². The van der Waals surface area contributed by atoms with E-state index in [2.05, 4.69) is 11.8 Å². The second-order valence-electron chi connectivity index (χ2n) is 5.01. The van der Waals surface area contributed by atoms with Crippen LogP contribution < -0.4 is 0 Å². The van der Waals surface area contributed by atoms with Crippen LogP contribution in [0.1, 0.15) is 71.1 Å². The van der Waals surface area contributed by atoms with Crippen molar-refractivity contribution >= 4 is 5.84 Å². The van der Waals surface area contributed by atoms with E-state index in [9.17, 15) is 0 Å². The van der Waals surface area contributed by atoms with Gasteiger partial charge in [0.2, 0.25) is 0 Å². The maximum Gasteiger partial charge on any atom is 0.0958 e. The summed E-state index contributed by atoms with van der Waals surface area (Å²) in [5, 5.41) is 7.72. The minimum atomic E-state index is 0.878. The molecule has 1 rings (SSSR count). The number of hydrogen-bond acceptors (Lipinski definition) is 1. The van der Waals surface area contributed by atoms with Gasteiger partial charge in [-0.05, 0) is 12.8 Å². The van der Waals surface area contributed by atoms with Crippen LogP contribution in [-0.4, -0.2) is 23.8 Å². The van der Waals surface area contributed by atoms with Crippen molar-refractivity contribution < 1.29 is 0 Å². The zero-order chi connectivity index (χ0) is 11.6. The Morgan fingerprint density at radius 3 is 2.19 bits per heavy atom. The minimum absolute atomic E-state index is 0.878. The zero-order valence-electron chi connectivity index (χ0n) is 10.9. The number of amidine groups is 1. The zero-order valence-corrected chi connectivity index (χ0v) is 10.9. The van der Waals surface area contributed by atoms with Gasteiger partial charge in [-0.3, -0.25) is 5.41 Å². The fourth-order valence-electron chi connectivity index (χ4n) is 2.41. The lowest BCUT2D eigenvalue weighted by Gasteiger charge is -2.17. The van der Waals surface area contributed by atoms with E-state index in [-0.39, 0.29) is 0 Å². The molecule has 2 heteroatoms. The fourth-order valence-corrected chi connectivity index (χ4v) is 2.41. The van der Waals surface area contributed by atoms with Gasteiger partial charge >= 0.3 is 0 Å². The lowest BCUT2D eigenvalue weighted by Crippen LogP contribution is -2.25. The van der Waals surface area contributed by atoms with Gasteiger partial charge in [0.25, 0.3) is 0 Å². The van der Waals surface area contributed by atoms with Crippen molar-refractivity contribution in [1.29, 1.82) is 5.41 Å². The summed E-state index contributed by atoms with van der Waals surface area (Å²) in [7, 11) is 0. The Morgan fingerprint density at radius 2 is 1.62 bits per heavy atom. The molecule has 1 saturated heterocycles. The highest BCUT2D eigenvalue weighted by Gasteiger charge is 2.15. The number of rotatable bonds is 9. The molecule has 0 unspecified atom stereocenters. The van der Waals surface area contributed by atoms with Crippen LogP contribution in [0.15, 0.2) is 0 Å². The maximum absolute atomic E-state index is 7.72. The van der Waals surface area contributed by atoms with Crippen molar-refractivity contribution in [2.75, 3.05) is 13.1 Å². The average Bonchev–Trinajstić information content (AvgIpc) is 2.68. The third-order valence-electron chi connectivity index (χ3n) is 3.50. The topological polar surface area (TPSA) is 27.1 Å². The van der Waals surface area contributed by atoms with E-state index in [1.807, 2.05) is 0 Å². The predicted molar refractivity (Wildman–Crippen MR) is 71.1 cm³/mol. The number of nitrogens with zero attached hydrogens (tertiary/aromatic N) is 1. The summed E-state index contributed by atoms with van der Waals surface area (Å²) in [4.78, 5) is 2.26. The Morgan fingerprint density at radius 1 is 1.00 bits per heavy atom. The molecule has 0 aromatic carbocycles. The van der Waals surface area contributed by atoms with Crippen LogP contribution in [0.4, 0.5) is 0 Å². The molecule has 0 saturated carbocycles. The number of hydrogen-bond donors (Lipinski definition) is 1. The van der Waals surface area contributed by atoms with E-state index < -0.39 is 0 Å². The van der Waals surface area contributed by atoms with Crippen molar-refractivity contribution in [3.8, 4) is 0 Å². The summed E-state index contributed by atoms with van der Waals surface area (Å²) in [6, 6.07) is 0. The average molecular weight is 224 g/mol. The van der Waals surface area contributed by atoms with Gasteiger partial charge in [0.05, 0.1) is 5.84 Å². The summed E-state index contributed by atoms with van der Waals surface area (Å²) in [5.74, 6) is 0.878. The SMILES string of the molecule is CCCCCCCCCCN1CCCC1=N. The van der Waals surface area contributed by atoms with Crippen molar-refractivity contribution in [2.45, 2.75) is 71.1 Å². The van der Waals surface area contributed by atoms with E-state index in [0.29, 0.717) is 0 Å². The van der Waals surface area contributed by atoms with Crippen molar-refractivity contribution in [3.05, 3.63) is 0 Å². The highest BCUT2D eigenvalue weighted by Crippen LogP contribution is 2.13. The quantitative estimate of drug-likeness (QED) is 0.584. The molecule has 0 amide bonds. The smallest absolute Gasteiger partial charge is 0.0958 e. The Hall–Kier alpha value is -0.530. The summed E-state index contributed by atoms with van der Waals surface area (Å²) < 4.78 is 0. The van der Waals surface area contributed by atoms with Crippen LogP contribution in [0.25, 0.3) is 0 Å². The molecule has 1 heterocycles. The van der Waals surface area contributed by atoms with Gasteiger partial charge in [0.15, 0.2) is 0 Å². The molecular formula is C14H28N2. The Bertz CT molecular complexity index is 189. The molecule has 0 spiro atoms. The monoisotopic (exact) mass is 224 g/mol. The first-order chi connectivity index (χ1) is 7.84. The van der Waals surface area contributed by atoms with Crippen LogP contribution >= 0.6 is 0 Å². The van der Waals surface area contributed by atoms with Crippen LogP contribution in [0.2, 0.25) is 0 Å². The predicted octanol–water partition coefficient (Wildman–Crippen LogP) is 4.20. The maximum atomic E-state index is 7.72. The first-order valence-corrected chi connectivity index (χ1v) is 7.17. The van der Waals surface area contributed by atoms with Gasteiger partial charge in [-0.15, -0.1) is 0 Å². The van der Waals surface area contributed by atoms with Crippen LogP contribution in [-0.2, 0) is 0 Å². The van der Waals surface area contributed by atoms with Gasteiger partial charge in [0, 0.05) is 19.5 Å². The minimum Gasteiger partial charge on any atom is -0.361 e. The highest BCUT2D eigenvalue weighted by atomic mass is 15.2. The van der Waals surface area contributed by atoms with Gasteiger partial charge in [-0.2, -0.15) is 0 Å². The second kappa shape index (κ2) is 8.60. The first kappa shape index (κ1) is 13.5. The molecule has 0 aromatic rings. The molecule has 16 heavy (non-hydrogen) atoms. The van der Waals surface area contributed by atoms with Gasteiger partial charge in [-0.1, -0.05) is 51.9 Å². The van der Waals surface area contributed by atoms with E-state index in [1.54, 1.807) is 0 Å². The molecule has 1 aliphatic rings. The largest absolute Gasteiger partial charge is 0.361 e. The highest BCUT2D eigenvalue weighted by molar-refractivity contribution is 5.80. The molecule has 2 nitrogen and oxygen atoms in total. The van der Waals surface area contributed by atoms with Crippen LogP contribution in [0.3, 0.4) is 0 Å². The fraction of sp³-hybridized carbons (Fsp3) is 0.929.